The highest BCUT2D eigenvalue weighted by atomic mass is 16.5. The Morgan fingerprint density at radius 3 is 2.67 bits per heavy atom. The van der Waals surface area contributed by atoms with Crippen LogP contribution in [0, 0.1) is 0 Å². The van der Waals surface area contributed by atoms with Crippen molar-refractivity contribution in [3.63, 3.8) is 0 Å². The Labute approximate surface area is 211 Å². The molecule has 3 aromatic rings. The first-order valence-electron chi connectivity index (χ1n) is 13.0. The van der Waals surface area contributed by atoms with Crippen LogP contribution in [0.15, 0.2) is 47.3 Å². The largest absolute Gasteiger partial charge is 0.494 e. The number of carbonyl (C=O) groups excluding carboxylic acids is 1. The van der Waals surface area contributed by atoms with Gasteiger partial charge in [-0.05, 0) is 63.9 Å². The maximum atomic E-state index is 13.9. The van der Waals surface area contributed by atoms with E-state index in [1.165, 1.54) is 4.57 Å². The second kappa shape index (κ2) is 10.3. The molecular formula is C28H35N5O3. The summed E-state index contributed by atoms with van der Waals surface area (Å²) in [6.45, 7) is 10.5. The number of ether oxygens (including phenoxy) is 1. The number of hydrogen-bond acceptors (Lipinski definition) is 6. The van der Waals surface area contributed by atoms with Crippen LogP contribution in [0.3, 0.4) is 0 Å². The van der Waals surface area contributed by atoms with Crippen LogP contribution in [-0.2, 0) is 11.3 Å². The van der Waals surface area contributed by atoms with Gasteiger partial charge in [-0.1, -0.05) is 12.1 Å². The number of piperidine rings is 1. The first-order chi connectivity index (χ1) is 17.4. The topological polar surface area (TPSA) is 79.7 Å². The summed E-state index contributed by atoms with van der Waals surface area (Å²) in [5, 5.41) is 3.44. The van der Waals surface area contributed by atoms with Crippen LogP contribution in [0.1, 0.15) is 33.6 Å². The average Bonchev–Trinajstić information content (AvgIpc) is 3.19. The molecule has 0 unspecified atom stereocenters. The predicted octanol–water partition coefficient (Wildman–Crippen LogP) is 3.27. The lowest BCUT2D eigenvalue weighted by Gasteiger charge is -2.33. The van der Waals surface area contributed by atoms with E-state index >= 15 is 0 Å². The van der Waals surface area contributed by atoms with E-state index in [2.05, 4.69) is 21.2 Å². The summed E-state index contributed by atoms with van der Waals surface area (Å²) >= 11 is 0. The summed E-state index contributed by atoms with van der Waals surface area (Å²) in [6.07, 6.45) is 2.29. The number of carbonyl (C=O) groups is 1. The molecule has 1 N–H and O–H groups in total. The third kappa shape index (κ3) is 4.95. The maximum absolute atomic E-state index is 13.9. The summed E-state index contributed by atoms with van der Waals surface area (Å²) in [4.78, 5) is 36.5. The van der Waals surface area contributed by atoms with Gasteiger partial charge < -0.3 is 19.9 Å². The molecule has 0 atom stereocenters. The number of anilines is 1. The fourth-order valence-electron chi connectivity index (χ4n) is 5.38. The second-order valence-corrected chi connectivity index (χ2v) is 9.98. The van der Waals surface area contributed by atoms with Crippen molar-refractivity contribution in [1.82, 2.24) is 19.8 Å². The van der Waals surface area contributed by atoms with Gasteiger partial charge in [0.05, 0.1) is 17.5 Å². The van der Waals surface area contributed by atoms with Crippen LogP contribution in [0.4, 0.5) is 5.69 Å². The predicted molar refractivity (Wildman–Crippen MR) is 143 cm³/mol. The van der Waals surface area contributed by atoms with Crippen molar-refractivity contribution < 1.29 is 9.53 Å². The molecule has 36 heavy (non-hydrogen) atoms. The molecule has 1 amide bonds. The highest BCUT2D eigenvalue weighted by Gasteiger charge is 2.29. The Morgan fingerprint density at radius 2 is 1.92 bits per heavy atom. The molecule has 0 aliphatic carbocycles. The number of hydrogen-bond donors (Lipinski definition) is 1. The molecule has 3 saturated heterocycles. The maximum Gasteiger partial charge on any atom is 0.262 e. The van der Waals surface area contributed by atoms with Gasteiger partial charge in [-0.25, -0.2) is 4.98 Å². The molecule has 0 spiro atoms. The van der Waals surface area contributed by atoms with E-state index in [0.29, 0.717) is 35.1 Å². The summed E-state index contributed by atoms with van der Waals surface area (Å²) in [6, 6.07) is 14.0. The van der Waals surface area contributed by atoms with Gasteiger partial charge in [0.15, 0.2) is 0 Å². The van der Waals surface area contributed by atoms with E-state index < -0.39 is 0 Å². The lowest BCUT2D eigenvalue weighted by molar-refractivity contribution is -0.122. The molecule has 8 heteroatoms. The van der Waals surface area contributed by atoms with Crippen molar-refractivity contribution in [2.24, 2.45) is 0 Å². The zero-order valence-corrected chi connectivity index (χ0v) is 21.4. The number of fused-ring (bicyclic) bond motifs is 5. The van der Waals surface area contributed by atoms with Gasteiger partial charge >= 0.3 is 0 Å². The lowest BCUT2D eigenvalue weighted by Crippen LogP contribution is -2.38. The van der Waals surface area contributed by atoms with Crippen LogP contribution in [0.5, 0.6) is 5.75 Å². The number of rotatable bonds is 7. The third-order valence-corrected chi connectivity index (χ3v) is 7.08. The van der Waals surface area contributed by atoms with Gasteiger partial charge in [-0.15, -0.1) is 0 Å². The van der Waals surface area contributed by atoms with Gasteiger partial charge in [0.25, 0.3) is 5.56 Å². The summed E-state index contributed by atoms with van der Waals surface area (Å²) < 4.78 is 7.17. The SMILES string of the molecule is CCOc1cccc(-c2nc3ccc(N4CCN5CCC4CC5)cc3c(=O)n2CC(=O)NC(C)C)c1. The van der Waals surface area contributed by atoms with Crippen molar-refractivity contribution >= 4 is 22.5 Å². The average molecular weight is 490 g/mol. The normalized spacial score (nSPS) is 19.5. The van der Waals surface area contributed by atoms with Crippen molar-refractivity contribution in [1.29, 1.82) is 0 Å². The van der Waals surface area contributed by atoms with Crippen LogP contribution < -0.4 is 20.5 Å². The fourth-order valence-corrected chi connectivity index (χ4v) is 5.38. The molecule has 8 nitrogen and oxygen atoms in total. The molecular weight excluding hydrogens is 454 g/mol. The van der Waals surface area contributed by atoms with Gasteiger partial charge in [0, 0.05) is 49.5 Å². The Balaban J connectivity index is 1.61. The Morgan fingerprint density at radius 1 is 1.11 bits per heavy atom. The summed E-state index contributed by atoms with van der Waals surface area (Å²) in [5.74, 6) is 0.941. The Hall–Kier alpha value is -3.39. The van der Waals surface area contributed by atoms with E-state index in [1.54, 1.807) is 0 Å². The van der Waals surface area contributed by atoms with Crippen molar-refractivity contribution in [2.45, 2.75) is 52.2 Å². The first kappa shape index (κ1) is 24.3. The molecule has 190 valence electrons. The lowest BCUT2D eigenvalue weighted by atomic mass is 10.0. The molecule has 4 heterocycles. The smallest absolute Gasteiger partial charge is 0.262 e. The van der Waals surface area contributed by atoms with E-state index in [1.807, 2.05) is 57.2 Å². The number of aromatic nitrogens is 2. The summed E-state index contributed by atoms with van der Waals surface area (Å²) in [7, 11) is 0. The minimum atomic E-state index is -0.217. The van der Waals surface area contributed by atoms with Crippen molar-refractivity contribution in [2.75, 3.05) is 37.7 Å². The zero-order chi connectivity index (χ0) is 25.2. The van der Waals surface area contributed by atoms with Crippen LogP contribution >= 0.6 is 0 Å². The van der Waals surface area contributed by atoms with Crippen molar-refractivity contribution in [3.05, 3.63) is 52.8 Å². The molecule has 0 radical (unpaired) electrons. The molecule has 2 aromatic carbocycles. The van der Waals surface area contributed by atoms with E-state index in [0.717, 1.165) is 50.3 Å². The number of amides is 1. The highest BCUT2D eigenvalue weighted by molar-refractivity contribution is 5.85. The van der Waals surface area contributed by atoms with Gasteiger partial charge in [0.2, 0.25) is 5.91 Å². The Kier molecular flexibility index (Phi) is 6.96. The van der Waals surface area contributed by atoms with Crippen LogP contribution in [0.25, 0.3) is 22.3 Å². The van der Waals surface area contributed by atoms with Crippen LogP contribution in [0.2, 0.25) is 0 Å². The number of benzene rings is 2. The fraction of sp³-hybridized carbons (Fsp3) is 0.464. The molecule has 3 aliphatic rings. The van der Waals surface area contributed by atoms with Gasteiger partial charge in [-0.2, -0.15) is 0 Å². The monoisotopic (exact) mass is 489 g/mol. The zero-order valence-electron chi connectivity index (χ0n) is 21.4. The third-order valence-electron chi connectivity index (χ3n) is 7.08. The quantitative estimate of drug-likeness (QED) is 0.549. The van der Waals surface area contributed by atoms with Gasteiger partial charge in [0.1, 0.15) is 18.1 Å². The Bertz CT molecular complexity index is 1310. The molecule has 2 bridgehead atoms. The summed E-state index contributed by atoms with van der Waals surface area (Å²) in [5.41, 5.74) is 2.21. The molecule has 6 rings (SSSR count). The van der Waals surface area contributed by atoms with Gasteiger partial charge in [-0.3, -0.25) is 14.2 Å². The minimum absolute atomic E-state index is 0.0213. The minimum Gasteiger partial charge on any atom is -0.494 e. The van der Waals surface area contributed by atoms with E-state index in [4.69, 9.17) is 9.72 Å². The van der Waals surface area contributed by atoms with E-state index in [9.17, 15) is 9.59 Å². The molecule has 0 saturated carbocycles. The van der Waals surface area contributed by atoms with Crippen molar-refractivity contribution in [3.8, 4) is 17.1 Å². The first-order valence-corrected chi connectivity index (χ1v) is 13.0. The number of nitrogens with zero attached hydrogens (tertiary/aromatic N) is 4. The number of nitrogens with one attached hydrogen (secondary N) is 1. The highest BCUT2D eigenvalue weighted by Crippen LogP contribution is 2.29. The molecule has 3 aliphatic heterocycles. The van der Waals surface area contributed by atoms with E-state index in [-0.39, 0.29) is 24.1 Å². The molecule has 1 aromatic heterocycles. The standard InChI is InChI=1S/C28H35N5O3/c1-4-36-23-7-5-6-20(16-23)27-30-25-9-8-22(32-15-14-31-12-10-21(32)11-13-31)17-24(25)28(35)33(27)18-26(34)29-19(2)3/h5-9,16-17,19,21H,4,10-15,18H2,1-3H3,(H,29,34). The second-order valence-electron chi connectivity index (χ2n) is 9.98. The molecule has 3 fully saturated rings. The van der Waals surface area contributed by atoms with Crippen LogP contribution in [-0.4, -0.2) is 65.2 Å².